The highest BCUT2D eigenvalue weighted by Crippen LogP contribution is 2.21. The highest BCUT2D eigenvalue weighted by Gasteiger charge is 2.16. The van der Waals surface area contributed by atoms with Gasteiger partial charge in [0.15, 0.2) is 0 Å². The van der Waals surface area contributed by atoms with Crippen LogP contribution in [0.5, 0.6) is 5.75 Å². The van der Waals surface area contributed by atoms with E-state index in [4.69, 9.17) is 4.74 Å². The van der Waals surface area contributed by atoms with E-state index in [-0.39, 0.29) is 0 Å². The van der Waals surface area contributed by atoms with E-state index in [1.165, 1.54) is 6.42 Å². The fourth-order valence-electron chi connectivity index (χ4n) is 2.05. The summed E-state index contributed by atoms with van der Waals surface area (Å²) in [6.07, 6.45) is 2.29. The lowest BCUT2D eigenvalue weighted by Gasteiger charge is -2.25. The second-order valence-electron chi connectivity index (χ2n) is 6.45. The van der Waals surface area contributed by atoms with Crippen LogP contribution in [0.1, 0.15) is 40.5 Å². The first kappa shape index (κ1) is 16.0. The standard InChI is InChI=1S/C17H29NO/c1-15(2)13-18-14-17(3,4)11-8-12-19-16-9-6-5-7-10-16/h5-7,9-10,15,18H,8,11-14H2,1-4H3. The van der Waals surface area contributed by atoms with E-state index >= 15 is 0 Å². The van der Waals surface area contributed by atoms with Crippen molar-refractivity contribution < 1.29 is 4.74 Å². The van der Waals surface area contributed by atoms with E-state index < -0.39 is 0 Å². The van der Waals surface area contributed by atoms with Gasteiger partial charge in [-0.1, -0.05) is 45.9 Å². The zero-order valence-corrected chi connectivity index (χ0v) is 12.9. The molecule has 0 aromatic heterocycles. The number of ether oxygens (including phenoxy) is 1. The molecule has 0 radical (unpaired) electrons. The molecule has 0 aliphatic heterocycles. The van der Waals surface area contributed by atoms with Crippen LogP contribution in [-0.4, -0.2) is 19.7 Å². The van der Waals surface area contributed by atoms with Gasteiger partial charge in [-0.05, 0) is 42.9 Å². The lowest BCUT2D eigenvalue weighted by Crippen LogP contribution is -2.32. The number of para-hydroxylation sites is 1. The molecule has 0 bridgehead atoms. The third-order valence-electron chi connectivity index (χ3n) is 3.17. The van der Waals surface area contributed by atoms with Crippen LogP contribution in [0.15, 0.2) is 30.3 Å². The van der Waals surface area contributed by atoms with Gasteiger partial charge in [0.1, 0.15) is 5.75 Å². The Morgan fingerprint density at radius 2 is 1.84 bits per heavy atom. The summed E-state index contributed by atoms with van der Waals surface area (Å²) in [4.78, 5) is 0. The van der Waals surface area contributed by atoms with Crippen LogP contribution < -0.4 is 10.1 Å². The summed E-state index contributed by atoms with van der Waals surface area (Å²) in [5.74, 6) is 1.69. The van der Waals surface area contributed by atoms with Crippen LogP contribution in [-0.2, 0) is 0 Å². The predicted octanol–water partition coefficient (Wildman–Crippen LogP) is 4.12. The van der Waals surface area contributed by atoms with Gasteiger partial charge in [-0.25, -0.2) is 0 Å². The SMILES string of the molecule is CC(C)CNCC(C)(C)CCCOc1ccccc1. The van der Waals surface area contributed by atoms with Gasteiger partial charge in [-0.15, -0.1) is 0 Å². The smallest absolute Gasteiger partial charge is 0.119 e. The van der Waals surface area contributed by atoms with E-state index in [0.29, 0.717) is 5.41 Å². The zero-order chi connectivity index (χ0) is 14.1. The molecule has 0 saturated heterocycles. The van der Waals surface area contributed by atoms with E-state index in [9.17, 15) is 0 Å². The normalized spacial score (nSPS) is 11.8. The molecule has 0 aliphatic rings. The van der Waals surface area contributed by atoms with Gasteiger partial charge >= 0.3 is 0 Å². The van der Waals surface area contributed by atoms with E-state index in [1.54, 1.807) is 0 Å². The van der Waals surface area contributed by atoms with Crippen LogP contribution in [0.4, 0.5) is 0 Å². The van der Waals surface area contributed by atoms with Crippen LogP contribution in [0, 0.1) is 11.3 Å². The minimum absolute atomic E-state index is 0.342. The average Bonchev–Trinajstić information content (AvgIpc) is 2.35. The summed E-state index contributed by atoms with van der Waals surface area (Å²) in [6, 6.07) is 10.0. The number of hydrogen-bond donors (Lipinski definition) is 1. The number of hydrogen-bond acceptors (Lipinski definition) is 2. The molecule has 1 rings (SSSR count). The molecule has 108 valence electrons. The van der Waals surface area contributed by atoms with Gasteiger partial charge in [-0.3, -0.25) is 0 Å². The molecule has 19 heavy (non-hydrogen) atoms. The van der Waals surface area contributed by atoms with Crippen molar-refractivity contribution in [1.82, 2.24) is 5.32 Å². The van der Waals surface area contributed by atoms with Gasteiger partial charge in [0.25, 0.3) is 0 Å². The Morgan fingerprint density at radius 3 is 2.47 bits per heavy atom. The lowest BCUT2D eigenvalue weighted by atomic mass is 9.88. The molecule has 0 aliphatic carbocycles. The largest absolute Gasteiger partial charge is 0.494 e. The fourth-order valence-corrected chi connectivity index (χ4v) is 2.05. The van der Waals surface area contributed by atoms with Gasteiger partial charge < -0.3 is 10.1 Å². The van der Waals surface area contributed by atoms with Crippen molar-refractivity contribution in [3.63, 3.8) is 0 Å². The highest BCUT2D eigenvalue weighted by atomic mass is 16.5. The molecular formula is C17H29NO. The van der Waals surface area contributed by atoms with Gasteiger partial charge in [0.2, 0.25) is 0 Å². The quantitative estimate of drug-likeness (QED) is 0.677. The Kier molecular flexibility index (Phi) is 6.93. The van der Waals surface area contributed by atoms with Crippen molar-refractivity contribution in [3.8, 4) is 5.75 Å². The third-order valence-corrected chi connectivity index (χ3v) is 3.17. The van der Waals surface area contributed by atoms with Gasteiger partial charge in [0, 0.05) is 6.54 Å². The Labute approximate surface area is 118 Å². The predicted molar refractivity (Wildman–Crippen MR) is 82.7 cm³/mol. The molecule has 0 amide bonds. The van der Waals surface area contributed by atoms with Gasteiger partial charge in [-0.2, -0.15) is 0 Å². The van der Waals surface area contributed by atoms with Crippen molar-refractivity contribution in [3.05, 3.63) is 30.3 Å². The van der Waals surface area contributed by atoms with Crippen molar-refractivity contribution in [1.29, 1.82) is 0 Å². The Hall–Kier alpha value is -1.02. The molecule has 0 fully saturated rings. The van der Waals surface area contributed by atoms with E-state index in [2.05, 4.69) is 33.0 Å². The average molecular weight is 263 g/mol. The summed E-state index contributed by atoms with van der Waals surface area (Å²) in [6.45, 7) is 12.1. The first-order chi connectivity index (χ1) is 8.99. The molecule has 0 spiro atoms. The number of nitrogens with one attached hydrogen (secondary N) is 1. The van der Waals surface area contributed by atoms with E-state index in [1.807, 2.05) is 30.3 Å². The summed E-state index contributed by atoms with van der Waals surface area (Å²) in [5.41, 5.74) is 0.342. The minimum Gasteiger partial charge on any atom is -0.494 e. The Bertz CT molecular complexity index is 332. The summed E-state index contributed by atoms with van der Waals surface area (Å²) < 4.78 is 5.72. The van der Waals surface area contributed by atoms with Crippen LogP contribution in [0.2, 0.25) is 0 Å². The monoisotopic (exact) mass is 263 g/mol. The topological polar surface area (TPSA) is 21.3 Å². The lowest BCUT2D eigenvalue weighted by molar-refractivity contribution is 0.248. The summed E-state index contributed by atoms with van der Waals surface area (Å²) >= 11 is 0. The Balaban J connectivity index is 2.13. The second-order valence-corrected chi connectivity index (χ2v) is 6.45. The molecular weight excluding hydrogens is 234 g/mol. The highest BCUT2D eigenvalue weighted by molar-refractivity contribution is 5.20. The first-order valence-corrected chi connectivity index (χ1v) is 7.38. The molecule has 1 aromatic carbocycles. The van der Waals surface area contributed by atoms with Crippen molar-refractivity contribution >= 4 is 0 Å². The molecule has 0 atom stereocenters. The second kappa shape index (κ2) is 8.21. The molecule has 0 saturated carbocycles. The number of rotatable bonds is 9. The molecule has 1 aromatic rings. The van der Waals surface area contributed by atoms with Crippen LogP contribution in [0.3, 0.4) is 0 Å². The van der Waals surface area contributed by atoms with Crippen molar-refractivity contribution in [2.24, 2.45) is 11.3 Å². The number of benzene rings is 1. The minimum atomic E-state index is 0.342. The summed E-state index contributed by atoms with van der Waals surface area (Å²) in [7, 11) is 0. The van der Waals surface area contributed by atoms with Crippen molar-refractivity contribution in [2.75, 3.05) is 19.7 Å². The molecule has 0 unspecified atom stereocenters. The molecule has 1 N–H and O–H groups in total. The van der Waals surface area contributed by atoms with Crippen LogP contribution >= 0.6 is 0 Å². The zero-order valence-electron chi connectivity index (χ0n) is 12.9. The molecule has 2 nitrogen and oxygen atoms in total. The maximum atomic E-state index is 5.72. The van der Waals surface area contributed by atoms with Gasteiger partial charge in [0.05, 0.1) is 6.61 Å². The Morgan fingerprint density at radius 1 is 1.16 bits per heavy atom. The third kappa shape index (κ3) is 7.89. The fraction of sp³-hybridized carbons (Fsp3) is 0.647. The summed E-state index contributed by atoms with van der Waals surface area (Å²) in [5, 5.41) is 3.54. The maximum Gasteiger partial charge on any atom is 0.119 e. The first-order valence-electron chi connectivity index (χ1n) is 7.38. The molecule has 0 heterocycles. The maximum absolute atomic E-state index is 5.72. The van der Waals surface area contributed by atoms with Crippen LogP contribution in [0.25, 0.3) is 0 Å². The van der Waals surface area contributed by atoms with E-state index in [0.717, 1.165) is 37.8 Å². The van der Waals surface area contributed by atoms with Crippen molar-refractivity contribution in [2.45, 2.75) is 40.5 Å². The molecule has 2 heteroatoms.